The third-order valence-electron chi connectivity index (χ3n) is 3.29. The molecule has 0 spiro atoms. The molecule has 0 radical (unpaired) electrons. The number of ether oxygens (including phenoxy) is 2. The van der Waals surface area contributed by atoms with Crippen LogP contribution in [0.2, 0.25) is 0 Å². The van der Waals surface area contributed by atoms with Gasteiger partial charge in [-0.1, -0.05) is 0 Å². The second kappa shape index (κ2) is 6.38. The summed E-state index contributed by atoms with van der Waals surface area (Å²) in [6.07, 6.45) is -5.92. The van der Waals surface area contributed by atoms with Crippen LogP contribution in [0.4, 0.5) is 5.69 Å². The largest absolute Gasteiger partial charge is 0.497 e. The van der Waals surface area contributed by atoms with E-state index in [0.29, 0.717) is 11.4 Å². The lowest BCUT2D eigenvalue weighted by Crippen LogP contribution is -2.60. The topological polar surface area (TPSA) is 111 Å². The quantitative estimate of drug-likeness (QED) is 0.478. The van der Waals surface area contributed by atoms with Gasteiger partial charge in [0.05, 0.1) is 13.7 Å². The van der Waals surface area contributed by atoms with Crippen LogP contribution in [0.5, 0.6) is 5.75 Å². The average molecular weight is 285 g/mol. The molecule has 1 saturated heterocycles. The molecule has 0 bridgehead atoms. The number of nitrogens with one attached hydrogen (secondary N) is 1. The van der Waals surface area contributed by atoms with Crippen LogP contribution in [0, 0.1) is 0 Å². The molecule has 2 rings (SSSR count). The summed E-state index contributed by atoms with van der Waals surface area (Å²) in [5.74, 6) is 0.685. The average Bonchev–Trinajstić information content (AvgIpc) is 2.48. The number of hydrogen-bond acceptors (Lipinski definition) is 7. The fraction of sp³-hybridized carbons (Fsp3) is 0.538. The highest BCUT2D eigenvalue weighted by Crippen LogP contribution is 2.23. The van der Waals surface area contributed by atoms with Crippen LogP contribution in [0.3, 0.4) is 0 Å². The number of methoxy groups -OCH3 is 1. The summed E-state index contributed by atoms with van der Waals surface area (Å²) in [4.78, 5) is 0. The number of aliphatic hydroxyl groups is 4. The molecule has 1 fully saturated rings. The zero-order valence-electron chi connectivity index (χ0n) is 11.0. The maximum atomic E-state index is 9.88. The van der Waals surface area contributed by atoms with Crippen LogP contribution in [0.15, 0.2) is 24.3 Å². The van der Waals surface area contributed by atoms with Crippen LogP contribution in [0.1, 0.15) is 0 Å². The predicted molar refractivity (Wildman–Crippen MR) is 70.4 cm³/mol. The molecule has 20 heavy (non-hydrogen) atoms. The Balaban J connectivity index is 2.06. The second-order valence-corrected chi connectivity index (χ2v) is 4.62. The van der Waals surface area contributed by atoms with Crippen molar-refractivity contribution in [3.63, 3.8) is 0 Å². The van der Waals surface area contributed by atoms with E-state index in [4.69, 9.17) is 14.6 Å². The van der Waals surface area contributed by atoms with Crippen LogP contribution in [-0.2, 0) is 4.74 Å². The van der Waals surface area contributed by atoms with Crippen molar-refractivity contribution in [3.05, 3.63) is 24.3 Å². The van der Waals surface area contributed by atoms with E-state index >= 15 is 0 Å². The molecule has 1 aromatic rings. The van der Waals surface area contributed by atoms with Gasteiger partial charge in [0.1, 0.15) is 30.2 Å². The molecule has 7 nitrogen and oxygen atoms in total. The van der Waals surface area contributed by atoms with E-state index in [2.05, 4.69) is 5.32 Å². The van der Waals surface area contributed by atoms with Crippen LogP contribution >= 0.6 is 0 Å². The fourth-order valence-electron chi connectivity index (χ4n) is 2.07. The predicted octanol–water partition coefficient (Wildman–Crippen LogP) is -1.09. The lowest BCUT2D eigenvalue weighted by atomic mass is 9.98. The number of rotatable bonds is 4. The Labute approximate surface area is 116 Å². The number of aliphatic hydroxyl groups excluding tert-OH is 4. The van der Waals surface area contributed by atoms with Crippen LogP contribution < -0.4 is 10.1 Å². The van der Waals surface area contributed by atoms with Crippen molar-refractivity contribution in [2.45, 2.75) is 30.6 Å². The normalized spacial score (nSPS) is 33.8. The van der Waals surface area contributed by atoms with Crippen molar-refractivity contribution in [1.82, 2.24) is 0 Å². The maximum Gasteiger partial charge on any atom is 0.157 e. The first-order valence-electron chi connectivity index (χ1n) is 6.28. The Bertz CT molecular complexity index is 423. The fourth-order valence-corrected chi connectivity index (χ4v) is 2.07. The molecule has 5 atom stereocenters. The lowest BCUT2D eigenvalue weighted by molar-refractivity contribution is -0.221. The van der Waals surface area contributed by atoms with Crippen molar-refractivity contribution < 1.29 is 29.9 Å². The summed E-state index contributed by atoms with van der Waals surface area (Å²) in [6, 6.07) is 6.90. The Kier molecular flexibility index (Phi) is 4.79. The molecule has 1 heterocycles. The van der Waals surface area contributed by atoms with Gasteiger partial charge in [0, 0.05) is 5.69 Å². The molecule has 0 amide bonds. The molecule has 112 valence electrons. The van der Waals surface area contributed by atoms with Gasteiger partial charge >= 0.3 is 0 Å². The summed E-state index contributed by atoms with van der Waals surface area (Å²) in [6.45, 7) is -0.453. The molecule has 0 aliphatic carbocycles. The molecular formula is C13H19NO6. The van der Waals surface area contributed by atoms with Crippen molar-refractivity contribution in [1.29, 1.82) is 0 Å². The van der Waals surface area contributed by atoms with Crippen molar-refractivity contribution in [2.24, 2.45) is 0 Å². The Morgan fingerprint density at radius 1 is 1.10 bits per heavy atom. The molecule has 0 unspecified atom stereocenters. The number of anilines is 1. The number of benzene rings is 1. The first-order valence-corrected chi connectivity index (χ1v) is 6.28. The highest BCUT2D eigenvalue weighted by atomic mass is 16.6. The highest BCUT2D eigenvalue weighted by molar-refractivity contribution is 5.47. The van der Waals surface area contributed by atoms with Gasteiger partial charge in [-0.3, -0.25) is 0 Å². The summed E-state index contributed by atoms with van der Waals surface area (Å²) in [5, 5.41) is 41.2. The lowest BCUT2D eigenvalue weighted by Gasteiger charge is -2.40. The van der Waals surface area contributed by atoms with Crippen molar-refractivity contribution >= 4 is 5.69 Å². The Hall–Kier alpha value is -1.38. The highest BCUT2D eigenvalue weighted by Gasteiger charge is 2.43. The molecule has 0 aromatic heterocycles. The second-order valence-electron chi connectivity index (χ2n) is 4.62. The van der Waals surface area contributed by atoms with Gasteiger partial charge in [-0.05, 0) is 24.3 Å². The van der Waals surface area contributed by atoms with E-state index in [1.807, 2.05) is 0 Å². The van der Waals surface area contributed by atoms with E-state index < -0.39 is 37.3 Å². The molecular weight excluding hydrogens is 266 g/mol. The zero-order chi connectivity index (χ0) is 14.7. The Morgan fingerprint density at radius 2 is 1.75 bits per heavy atom. The van der Waals surface area contributed by atoms with E-state index in [1.54, 1.807) is 31.4 Å². The molecule has 1 aliphatic rings. The molecule has 7 heteroatoms. The molecule has 1 aromatic carbocycles. The van der Waals surface area contributed by atoms with Gasteiger partial charge in [-0.25, -0.2) is 0 Å². The van der Waals surface area contributed by atoms with Gasteiger partial charge in [-0.2, -0.15) is 0 Å². The van der Waals surface area contributed by atoms with Crippen molar-refractivity contribution in [2.75, 3.05) is 19.0 Å². The minimum absolute atomic E-state index is 0.453. The van der Waals surface area contributed by atoms with Gasteiger partial charge in [0.15, 0.2) is 6.23 Å². The molecule has 0 saturated carbocycles. The van der Waals surface area contributed by atoms with E-state index in [9.17, 15) is 15.3 Å². The summed E-state index contributed by atoms with van der Waals surface area (Å²) >= 11 is 0. The molecule has 1 aliphatic heterocycles. The maximum absolute atomic E-state index is 9.88. The van der Waals surface area contributed by atoms with E-state index in [0.717, 1.165) is 0 Å². The monoisotopic (exact) mass is 285 g/mol. The van der Waals surface area contributed by atoms with Gasteiger partial charge in [0.2, 0.25) is 0 Å². The van der Waals surface area contributed by atoms with Gasteiger partial charge in [-0.15, -0.1) is 0 Å². The zero-order valence-corrected chi connectivity index (χ0v) is 11.0. The van der Waals surface area contributed by atoms with Crippen LogP contribution in [-0.4, -0.2) is 64.8 Å². The van der Waals surface area contributed by atoms with E-state index in [-0.39, 0.29) is 0 Å². The standard InChI is InChI=1S/C13H19NO6/c1-19-8-4-2-7(3-5-8)14-13-12(18)11(17)10(16)9(6-15)20-13/h2-5,9-18H,6H2,1H3/t9-,10-,11+,12+,13-/m1/s1. The SMILES string of the molecule is COc1ccc(N[C@@H]2O[C@H](CO)[C@@H](O)[C@H](O)[C@@H]2O)cc1. The first kappa shape index (κ1) is 15.0. The van der Waals surface area contributed by atoms with Crippen molar-refractivity contribution in [3.8, 4) is 5.75 Å². The van der Waals surface area contributed by atoms with Gasteiger partial charge < -0.3 is 35.2 Å². The summed E-state index contributed by atoms with van der Waals surface area (Å²) in [5.41, 5.74) is 0.648. The smallest absolute Gasteiger partial charge is 0.157 e. The minimum atomic E-state index is -1.39. The summed E-state index contributed by atoms with van der Waals surface area (Å²) in [7, 11) is 1.56. The van der Waals surface area contributed by atoms with Gasteiger partial charge in [0.25, 0.3) is 0 Å². The van der Waals surface area contributed by atoms with E-state index in [1.165, 1.54) is 0 Å². The Morgan fingerprint density at radius 3 is 2.30 bits per heavy atom. The van der Waals surface area contributed by atoms with Crippen LogP contribution in [0.25, 0.3) is 0 Å². The summed E-state index contributed by atoms with van der Waals surface area (Å²) < 4.78 is 10.4. The third kappa shape index (κ3) is 3.02. The first-order chi connectivity index (χ1) is 9.56. The molecule has 5 N–H and O–H groups in total. The minimum Gasteiger partial charge on any atom is -0.497 e. The number of hydrogen-bond donors (Lipinski definition) is 5. The third-order valence-corrected chi connectivity index (χ3v) is 3.29.